The Kier molecular flexibility index (Phi) is 2.37. The molecule has 0 aromatic rings. The Balaban J connectivity index is 2.51. The van der Waals surface area contributed by atoms with Crippen molar-refractivity contribution in [3.8, 4) is 0 Å². The van der Waals surface area contributed by atoms with Crippen LogP contribution in [-0.4, -0.2) is 12.0 Å². The van der Waals surface area contributed by atoms with E-state index in [4.69, 9.17) is 0 Å². The van der Waals surface area contributed by atoms with Crippen molar-refractivity contribution >= 4 is 12.0 Å². The molecule has 0 aliphatic carbocycles. The molecule has 1 aliphatic heterocycles. The van der Waals surface area contributed by atoms with Crippen molar-refractivity contribution < 1.29 is 4.79 Å². The minimum atomic E-state index is 0.0509. The van der Waals surface area contributed by atoms with Crippen molar-refractivity contribution in [2.45, 2.75) is 19.8 Å². The van der Waals surface area contributed by atoms with Crippen molar-refractivity contribution in [2.24, 2.45) is 10.9 Å². The molecule has 0 aromatic heterocycles. The van der Waals surface area contributed by atoms with E-state index in [0.29, 0.717) is 6.42 Å². The molecule has 0 amide bonds. The van der Waals surface area contributed by atoms with Gasteiger partial charge < -0.3 is 0 Å². The summed E-state index contributed by atoms with van der Waals surface area (Å²) in [6.07, 6.45) is 6.84. The summed E-state index contributed by atoms with van der Waals surface area (Å²) in [4.78, 5) is 14.9. The zero-order chi connectivity index (χ0) is 7.40. The summed E-state index contributed by atoms with van der Waals surface area (Å²) in [5, 5.41) is 0. The lowest BCUT2D eigenvalue weighted by molar-refractivity contribution is -0.120. The van der Waals surface area contributed by atoms with Gasteiger partial charge in [0.1, 0.15) is 5.78 Å². The second kappa shape index (κ2) is 3.30. The van der Waals surface area contributed by atoms with Gasteiger partial charge in [0.05, 0.1) is 5.92 Å². The second-order valence-corrected chi connectivity index (χ2v) is 2.34. The number of aliphatic imine (C=N–C) groups is 1. The van der Waals surface area contributed by atoms with Gasteiger partial charge >= 0.3 is 0 Å². The van der Waals surface area contributed by atoms with Gasteiger partial charge in [-0.25, -0.2) is 0 Å². The fourth-order valence-electron chi connectivity index (χ4n) is 0.960. The van der Waals surface area contributed by atoms with E-state index in [1.165, 1.54) is 0 Å². The molecule has 0 fully saturated rings. The largest absolute Gasteiger partial charge is 0.299 e. The van der Waals surface area contributed by atoms with Crippen LogP contribution in [0.2, 0.25) is 0 Å². The van der Waals surface area contributed by atoms with Crippen LogP contribution in [-0.2, 0) is 4.79 Å². The Labute approximate surface area is 60.7 Å². The van der Waals surface area contributed by atoms with Crippen LogP contribution in [0, 0.1) is 5.92 Å². The van der Waals surface area contributed by atoms with Gasteiger partial charge in [-0.2, -0.15) is 0 Å². The Morgan fingerprint density at radius 2 is 2.60 bits per heavy atom. The highest BCUT2D eigenvalue weighted by Gasteiger charge is 2.13. The summed E-state index contributed by atoms with van der Waals surface area (Å²) in [6.45, 7) is 1.88. The Bertz CT molecular complexity index is 182. The van der Waals surface area contributed by atoms with Crippen molar-refractivity contribution in [1.29, 1.82) is 0 Å². The minimum Gasteiger partial charge on any atom is -0.299 e. The van der Waals surface area contributed by atoms with Crippen LogP contribution in [0.3, 0.4) is 0 Å². The lowest BCUT2D eigenvalue weighted by atomic mass is 9.99. The molecule has 1 atom stereocenters. The van der Waals surface area contributed by atoms with Crippen molar-refractivity contribution in [3.05, 3.63) is 12.3 Å². The van der Waals surface area contributed by atoms with E-state index in [1.807, 2.05) is 13.0 Å². The second-order valence-electron chi connectivity index (χ2n) is 2.34. The molecular formula is C8H11NO. The summed E-state index contributed by atoms with van der Waals surface area (Å²) in [5.74, 6) is 0.336. The molecule has 0 radical (unpaired) electrons. The lowest BCUT2D eigenvalue weighted by Gasteiger charge is -2.07. The average molecular weight is 137 g/mol. The van der Waals surface area contributed by atoms with Gasteiger partial charge in [-0.15, -0.1) is 0 Å². The first-order valence-corrected chi connectivity index (χ1v) is 3.55. The predicted octanol–water partition coefficient (Wildman–Crippen LogP) is 1.57. The fourth-order valence-corrected chi connectivity index (χ4v) is 0.960. The number of hydrogen-bond donors (Lipinski definition) is 0. The van der Waals surface area contributed by atoms with Crippen molar-refractivity contribution in [2.75, 3.05) is 0 Å². The Hall–Kier alpha value is -0.920. The molecule has 0 N–H and O–H groups in total. The summed E-state index contributed by atoms with van der Waals surface area (Å²) < 4.78 is 0. The van der Waals surface area contributed by atoms with E-state index < -0.39 is 0 Å². The summed E-state index contributed by atoms with van der Waals surface area (Å²) in [7, 11) is 0. The molecule has 0 spiro atoms. The van der Waals surface area contributed by atoms with E-state index in [-0.39, 0.29) is 11.7 Å². The number of hydrogen-bond acceptors (Lipinski definition) is 2. The third-order valence-electron chi connectivity index (χ3n) is 1.61. The van der Waals surface area contributed by atoms with Crippen LogP contribution in [0.4, 0.5) is 0 Å². The van der Waals surface area contributed by atoms with Gasteiger partial charge in [-0.1, -0.05) is 13.0 Å². The normalized spacial score (nSPS) is 23.1. The number of rotatable bonds is 2. The van der Waals surface area contributed by atoms with E-state index in [0.717, 1.165) is 6.42 Å². The van der Waals surface area contributed by atoms with Gasteiger partial charge in [0, 0.05) is 18.8 Å². The zero-order valence-electron chi connectivity index (χ0n) is 6.08. The monoisotopic (exact) mass is 137 g/mol. The Morgan fingerprint density at radius 3 is 3.10 bits per heavy atom. The molecule has 1 unspecified atom stereocenters. The molecule has 54 valence electrons. The molecule has 1 rings (SSSR count). The maximum absolute atomic E-state index is 11.0. The summed E-state index contributed by atoms with van der Waals surface area (Å²) in [6, 6.07) is 0. The smallest absolute Gasteiger partial charge is 0.141 e. The first kappa shape index (κ1) is 7.19. The maximum Gasteiger partial charge on any atom is 0.141 e. The number of carbonyl (C=O) groups excluding carboxylic acids is 1. The molecule has 10 heavy (non-hydrogen) atoms. The van der Waals surface area contributed by atoms with Crippen LogP contribution < -0.4 is 0 Å². The van der Waals surface area contributed by atoms with Crippen LogP contribution in [0.15, 0.2) is 17.3 Å². The molecule has 0 saturated heterocycles. The van der Waals surface area contributed by atoms with Crippen LogP contribution >= 0.6 is 0 Å². The lowest BCUT2D eigenvalue weighted by Crippen LogP contribution is -2.15. The van der Waals surface area contributed by atoms with Crippen molar-refractivity contribution in [3.63, 3.8) is 0 Å². The van der Waals surface area contributed by atoms with Gasteiger partial charge in [0.25, 0.3) is 0 Å². The molecule has 2 heteroatoms. The highest BCUT2D eigenvalue weighted by molar-refractivity contribution is 5.95. The van der Waals surface area contributed by atoms with Gasteiger partial charge in [-0.3, -0.25) is 9.79 Å². The van der Waals surface area contributed by atoms with Crippen LogP contribution in [0.25, 0.3) is 0 Å². The molecule has 2 nitrogen and oxygen atoms in total. The molecule has 1 heterocycles. The fraction of sp³-hybridized carbons (Fsp3) is 0.500. The molecule has 1 aliphatic rings. The van der Waals surface area contributed by atoms with Crippen LogP contribution in [0.1, 0.15) is 19.8 Å². The first-order chi connectivity index (χ1) is 4.84. The van der Waals surface area contributed by atoms with Gasteiger partial charge in [-0.05, 0) is 6.42 Å². The average Bonchev–Trinajstić information content (AvgIpc) is 2.05. The van der Waals surface area contributed by atoms with Crippen LogP contribution in [0.5, 0.6) is 0 Å². The third kappa shape index (κ3) is 1.53. The maximum atomic E-state index is 11.0. The summed E-state index contributed by atoms with van der Waals surface area (Å²) >= 11 is 0. The predicted molar refractivity (Wildman–Crippen MR) is 41.0 cm³/mol. The SMILES string of the molecule is CCC(=O)C1C=NC=CC1. The molecule has 0 saturated carbocycles. The highest BCUT2D eigenvalue weighted by Crippen LogP contribution is 2.09. The number of ketones is 1. The standard InChI is InChI=1S/C8H11NO/c1-2-8(10)7-4-3-5-9-6-7/h3,5-7H,2,4H2,1H3. The van der Waals surface area contributed by atoms with E-state index in [9.17, 15) is 4.79 Å². The zero-order valence-corrected chi connectivity index (χ0v) is 6.08. The van der Waals surface area contributed by atoms with E-state index in [2.05, 4.69) is 4.99 Å². The third-order valence-corrected chi connectivity index (χ3v) is 1.61. The molecule has 0 bridgehead atoms. The first-order valence-electron chi connectivity index (χ1n) is 3.55. The topological polar surface area (TPSA) is 29.4 Å². The number of Topliss-reactive ketones (excluding diaryl/α,β-unsaturated/α-hetero) is 1. The molecular weight excluding hydrogens is 126 g/mol. The Morgan fingerprint density at radius 1 is 1.80 bits per heavy atom. The van der Waals surface area contributed by atoms with Gasteiger partial charge in [0.15, 0.2) is 0 Å². The van der Waals surface area contributed by atoms with Gasteiger partial charge in [0.2, 0.25) is 0 Å². The minimum absolute atomic E-state index is 0.0509. The molecule has 0 aromatic carbocycles. The number of nitrogens with zero attached hydrogens (tertiary/aromatic N) is 1. The number of allylic oxidation sites excluding steroid dienone is 1. The quantitative estimate of drug-likeness (QED) is 0.568. The summed E-state index contributed by atoms with van der Waals surface area (Å²) in [5.41, 5.74) is 0. The van der Waals surface area contributed by atoms with Crippen molar-refractivity contribution in [1.82, 2.24) is 0 Å². The number of carbonyl (C=O) groups is 1. The highest BCUT2D eigenvalue weighted by atomic mass is 16.1. The van der Waals surface area contributed by atoms with E-state index in [1.54, 1.807) is 12.4 Å². The van der Waals surface area contributed by atoms with E-state index >= 15 is 0 Å².